The van der Waals surface area contributed by atoms with Crippen LogP contribution in [0.1, 0.15) is 29.8 Å². The number of rotatable bonds is 0. The van der Waals surface area contributed by atoms with Crippen LogP contribution >= 0.6 is 23.6 Å². The highest BCUT2D eigenvalue weighted by molar-refractivity contribution is 7.73. The van der Waals surface area contributed by atoms with E-state index in [1.807, 2.05) is 0 Å². The fourth-order valence-corrected chi connectivity index (χ4v) is 2.91. The van der Waals surface area contributed by atoms with Gasteiger partial charge in [-0.25, -0.2) is 0 Å². The quantitative estimate of drug-likeness (QED) is 0.485. The third-order valence-corrected chi connectivity index (χ3v) is 3.47. The number of nitrogens with one attached hydrogen (secondary N) is 1. The van der Waals surface area contributed by atoms with Crippen molar-refractivity contribution in [1.29, 1.82) is 0 Å². The van der Waals surface area contributed by atoms with E-state index >= 15 is 0 Å². The molecule has 1 N–H and O–H groups in total. The Bertz CT molecular complexity index is 271. The van der Waals surface area contributed by atoms with Gasteiger partial charge in [0.15, 0.2) is 3.95 Å². The van der Waals surface area contributed by atoms with E-state index in [0.717, 1.165) is 3.95 Å². The zero-order chi connectivity index (χ0) is 7.68. The van der Waals surface area contributed by atoms with Gasteiger partial charge in [0.2, 0.25) is 0 Å². The Hall–Kier alpha value is -0.150. The van der Waals surface area contributed by atoms with Crippen LogP contribution in [0.15, 0.2) is 0 Å². The fraction of sp³-hybridized carbons (Fsp3) is 0.625. The van der Waals surface area contributed by atoms with E-state index in [2.05, 4.69) is 4.98 Å². The molecule has 1 aromatic rings. The van der Waals surface area contributed by atoms with Crippen molar-refractivity contribution in [2.45, 2.75) is 32.1 Å². The number of aromatic amines is 1. The van der Waals surface area contributed by atoms with Gasteiger partial charge in [0.1, 0.15) is 0 Å². The zero-order valence-corrected chi connectivity index (χ0v) is 7.99. The van der Waals surface area contributed by atoms with E-state index in [9.17, 15) is 0 Å². The van der Waals surface area contributed by atoms with Crippen molar-refractivity contribution in [3.05, 3.63) is 14.5 Å². The molecule has 0 unspecified atom stereocenters. The number of aromatic nitrogens is 1. The van der Waals surface area contributed by atoms with Crippen LogP contribution < -0.4 is 0 Å². The molecular weight excluding hydrogens is 174 g/mol. The maximum atomic E-state index is 5.09. The van der Waals surface area contributed by atoms with Gasteiger partial charge in [-0.05, 0) is 37.9 Å². The molecule has 1 aliphatic carbocycles. The first-order valence-electron chi connectivity index (χ1n) is 4.07. The molecule has 11 heavy (non-hydrogen) atoms. The van der Waals surface area contributed by atoms with Crippen LogP contribution in [-0.4, -0.2) is 4.98 Å². The molecule has 0 aliphatic heterocycles. The zero-order valence-electron chi connectivity index (χ0n) is 6.35. The highest BCUT2D eigenvalue weighted by Crippen LogP contribution is 2.23. The molecule has 0 atom stereocenters. The minimum atomic E-state index is 0.955. The topological polar surface area (TPSA) is 15.8 Å². The lowest BCUT2D eigenvalue weighted by atomic mass is 10.2. The van der Waals surface area contributed by atoms with Crippen molar-refractivity contribution in [2.75, 3.05) is 0 Å². The van der Waals surface area contributed by atoms with Gasteiger partial charge in [-0.3, -0.25) is 0 Å². The van der Waals surface area contributed by atoms with E-state index in [-0.39, 0.29) is 0 Å². The second-order valence-electron chi connectivity index (χ2n) is 2.98. The largest absolute Gasteiger partial charge is 0.341 e. The van der Waals surface area contributed by atoms with Gasteiger partial charge in [0.25, 0.3) is 0 Å². The summed E-state index contributed by atoms with van der Waals surface area (Å²) in [5.41, 5.74) is 1.41. The van der Waals surface area contributed by atoms with E-state index < -0.39 is 0 Å². The van der Waals surface area contributed by atoms with Crippen molar-refractivity contribution in [3.63, 3.8) is 0 Å². The average Bonchev–Trinajstić information content (AvgIpc) is 2.17. The molecule has 1 nitrogen and oxygen atoms in total. The molecule has 1 heterocycles. The van der Waals surface area contributed by atoms with Crippen LogP contribution in [0.2, 0.25) is 0 Å². The standard InChI is InChI=1S/C8H11NS2/c10-8-9-6-4-2-1-3-5-7(6)11-8/h1-5H2,(H,9,10). The van der Waals surface area contributed by atoms with Crippen LogP contribution in [0.5, 0.6) is 0 Å². The predicted octanol–water partition coefficient (Wildman–Crippen LogP) is 3.07. The van der Waals surface area contributed by atoms with E-state index in [0.29, 0.717) is 0 Å². The lowest BCUT2D eigenvalue weighted by Gasteiger charge is -1.92. The molecule has 60 valence electrons. The lowest BCUT2D eigenvalue weighted by Crippen LogP contribution is -1.84. The minimum absolute atomic E-state index is 0.955. The van der Waals surface area contributed by atoms with Crippen LogP contribution in [0.4, 0.5) is 0 Å². The second kappa shape index (κ2) is 3.07. The third kappa shape index (κ3) is 1.54. The third-order valence-electron chi connectivity index (χ3n) is 2.14. The highest BCUT2D eigenvalue weighted by Gasteiger charge is 2.09. The summed E-state index contributed by atoms with van der Waals surface area (Å²) < 4.78 is 0.955. The lowest BCUT2D eigenvalue weighted by molar-refractivity contribution is 0.709. The Balaban J connectivity index is 2.39. The average molecular weight is 185 g/mol. The molecule has 3 heteroatoms. The van der Waals surface area contributed by atoms with Gasteiger partial charge >= 0.3 is 0 Å². The normalized spacial score (nSPS) is 17.5. The van der Waals surface area contributed by atoms with Crippen LogP contribution in [0.3, 0.4) is 0 Å². The van der Waals surface area contributed by atoms with Gasteiger partial charge in [-0.2, -0.15) is 0 Å². The van der Waals surface area contributed by atoms with Gasteiger partial charge in [-0.1, -0.05) is 6.42 Å². The molecule has 0 fully saturated rings. The van der Waals surface area contributed by atoms with Crippen LogP contribution in [-0.2, 0) is 12.8 Å². The van der Waals surface area contributed by atoms with Crippen molar-refractivity contribution >= 4 is 23.6 Å². The van der Waals surface area contributed by atoms with Gasteiger partial charge < -0.3 is 4.98 Å². The summed E-state index contributed by atoms with van der Waals surface area (Å²) in [6.07, 6.45) is 6.50. The molecule has 0 saturated heterocycles. The first-order chi connectivity index (χ1) is 5.36. The predicted molar refractivity (Wildman–Crippen MR) is 50.8 cm³/mol. The maximum Gasteiger partial charge on any atom is 0.158 e. The summed E-state index contributed by atoms with van der Waals surface area (Å²) in [6, 6.07) is 0. The highest BCUT2D eigenvalue weighted by atomic mass is 32.1. The number of hydrogen-bond donors (Lipinski definition) is 1. The Labute approximate surface area is 75.5 Å². The van der Waals surface area contributed by atoms with E-state index in [1.54, 1.807) is 11.3 Å². The monoisotopic (exact) mass is 185 g/mol. The van der Waals surface area contributed by atoms with Gasteiger partial charge in [-0.15, -0.1) is 11.3 Å². The Kier molecular flexibility index (Phi) is 2.09. The number of H-pyrrole nitrogens is 1. The molecule has 1 aliphatic rings. The summed E-state index contributed by atoms with van der Waals surface area (Å²) in [6.45, 7) is 0. The van der Waals surface area contributed by atoms with Gasteiger partial charge in [0.05, 0.1) is 0 Å². The number of hydrogen-bond acceptors (Lipinski definition) is 2. The Morgan fingerprint density at radius 3 is 2.91 bits per heavy atom. The molecule has 0 amide bonds. The summed E-state index contributed by atoms with van der Waals surface area (Å²) in [5, 5.41) is 0. The van der Waals surface area contributed by atoms with Crippen molar-refractivity contribution in [3.8, 4) is 0 Å². The molecule has 0 spiro atoms. The SMILES string of the molecule is S=c1[nH]c2c(s1)CCCCC2. The number of fused-ring (bicyclic) bond motifs is 1. The summed E-state index contributed by atoms with van der Waals surface area (Å²) in [5.74, 6) is 0. The van der Waals surface area contributed by atoms with Crippen molar-refractivity contribution < 1.29 is 0 Å². The van der Waals surface area contributed by atoms with Crippen LogP contribution in [0.25, 0.3) is 0 Å². The van der Waals surface area contributed by atoms with Crippen molar-refractivity contribution in [1.82, 2.24) is 4.98 Å². The minimum Gasteiger partial charge on any atom is -0.341 e. The Morgan fingerprint density at radius 2 is 2.00 bits per heavy atom. The molecule has 0 aromatic carbocycles. The maximum absolute atomic E-state index is 5.09. The van der Waals surface area contributed by atoms with Gasteiger partial charge in [0, 0.05) is 10.6 Å². The Morgan fingerprint density at radius 1 is 1.18 bits per heavy atom. The molecule has 0 radical (unpaired) electrons. The first-order valence-corrected chi connectivity index (χ1v) is 5.29. The first kappa shape index (κ1) is 7.50. The summed E-state index contributed by atoms with van der Waals surface area (Å²) in [4.78, 5) is 4.78. The van der Waals surface area contributed by atoms with E-state index in [1.165, 1.54) is 42.7 Å². The second-order valence-corrected chi connectivity index (χ2v) is 4.75. The fourth-order valence-electron chi connectivity index (χ4n) is 1.56. The number of thiazole rings is 1. The van der Waals surface area contributed by atoms with Crippen molar-refractivity contribution in [2.24, 2.45) is 0 Å². The summed E-state index contributed by atoms with van der Waals surface area (Å²) in [7, 11) is 0. The molecular formula is C8H11NS2. The molecule has 0 saturated carbocycles. The molecule has 2 rings (SSSR count). The van der Waals surface area contributed by atoms with Crippen LogP contribution in [0, 0.1) is 3.95 Å². The molecule has 0 bridgehead atoms. The summed E-state index contributed by atoms with van der Waals surface area (Å²) >= 11 is 6.85. The van der Waals surface area contributed by atoms with E-state index in [4.69, 9.17) is 12.2 Å². The number of aryl methyl sites for hydroxylation is 2. The molecule has 1 aromatic heterocycles. The smallest absolute Gasteiger partial charge is 0.158 e.